The average Bonchev–Trinajstić information content (AvgIpc) is 3.50. The van der Waals surface area contributed by atoms with Gasteiger partial charge in [0.15, 0.2) is 15.4 Å². The van der Waals surface area contributed by atoms with E-state index in [1.807, 2.05) is 0 Å². The maximum atomic E-state index is 13.3. The standard InChI is InChI=1S/C42H46F3N7O12S/c1-41(59,40(58)50-28-6-5-26(24-46)31(23-28)42(43,44)45)25-65(60,61)29-9-7-27(8-10-29)47-14-13-34(53)49-16-18-63-20-22-64-21-19-62-17-15-48-32-4-2-3-30-36(32)39(57)52(38(30)56)33-11-12-35(54)51-37(33)55/h2-10,23,33,47-48,59H,11-22,25H2,1H3,(H,49,53)(H,50,58)(H,51,54,55). The Morgan fingerprint density at radius 3 is 2.17 bits per heavy atom. The number of halogens is 3. The Bertz CT molecular complexity index is 2430. The summed E-state index contributed by atoms with van der Waals surface area (Å²) < 4.78 is 82.5. The van der Waals surface area contributed by atoms with Gasteiger partial charge in [-0.2, -0.15) is 18.4 Å². The fraction of sp³-hybridized carbons (Fsp3) is 0.405. The van der Waals surface area contributed by atoms with Crippen LogP contribution in [-0.4, -0.2) is 131 Å². The van der Waals surface area contributed by atoms with Gasteiger partial charge in [0.1, 0.15) is 6.04 Å². The van der Waals surface area contributed by atoms with Crippen molar-refractivity contribution in [1.82, 2.24) is 15.5 Å². The van der Waals surface area contributed by atoms with Crippen LogP contribution in [0.15, 0.2) is 65.6 Å². The van der Waals surface area contributed by atoms with Crippen molar-refractivity contribution in [2.45, 2.75) is 48.9 Å². The van der Waals surface area contributed by atoms with E-state index in [1.54, 1.807) is 12.1 Å². The van der Waals surface area contributed by atoms with Crippen LogP contribution < -0.4 is 26.6 Å². The first kappa shape index (κ1) is 49.6. The summed E-state index contributed by atoms with van der Waals surface area (Å²) in [5.74, 6) is -4.99. The molecule has 1 fully saturated rings. The summed E-state index contributed by atoms with van der Waals surface area (Å²) in [5.41, 5.74) is -3.72. The topological polar surface area (TPSA) is 272 Å². The lowest BCUT2D eigenvalue weighted by molar-refractivity contribution is -0.138. The molecule has 0 aromatic heterocycles. The molecule has 3 aromatic rings. The number of rotatable bonds is 23. The van der Waals surface area contributed by atoms with Gasteiger partial charge in [-0.1, -0.05) is 6.07 Å². The molecule has 23 heteroatoms. The number of hydrogen-bond donors (Lipinski definition) is 6. The molecule has 2 aliphatic heterocycles. The Morgan fingerprint density at radius 1 is 0.877 bits per heavy atom. The molecule has 2 heterocycles. The van der Waals surface area contributed by atoms with Gasteiger partial charge in [0.05, 0.1) is 78.6 Å². The van der Waals surface area contributed by atoms with E-state index in [1.165, 1.54) is 36.4 Å². The molecule has 6 amide bonds. The number of nitrogens with zero attached hydrogens (tertiary/aromatic N) is 2. The number of nitriles is 1. The number of benzene rings is 3. The highest BCUT2D eigenvalue weighted by Gasteiger charge is 2.45. The minimum atomic E-state index is -4.90. The van der Waals surface area contributed by atoms with E-state index in [4.69, 9.17) is 19.5 Å². The number of aliphatic hydroxyl groups is 1. The number of sulfone groups is 1. The molecule has 0 spiro atoms. The number of alkyl halides is 3. The zero-order valence-corrected chi connectivity index (χ0v) is 35.7. The molecule has 2 atom stereocenters. The number of nitrogens with one attached hydrogen (secondary N) is 5. The molecule has 5 rings (SSSR count). The third kappa shape index (κ3) is 13.3. The fourth-order valence-corrected chi connectivity index (χ4v) is 8.24. The number of amides is 6. The van der Waals surface area contributed by atoms with Gasteiger partial charge in [-0.15, -0.1) is 0 Å². The van der Waals surface area contributed by atoms with E-state index in [9.17, 15) is 55.5 Å². The van der Waals surface area contributed by atoms with Gasteiger partial charge in [-0.25, -0.2) is 8.42 Å². The third-order valence-electron chi connectivity index (χ3n) is 9.90. The quantitative estimate of drug-likeness (QED) is 0.0588. The van der Waals surface area contributed by atoms with Crippen molar-refractivity contribution >= 4 is 62.3 Å². The maximum absolute atomic E-state index is 13.3. The molecule has 2 aliphatic rings. The summed E-state index contributed by atoms with van der Waals surface area (Å²) in [6.45, 7) is 3.24. The van der Waals surface area contributed by atoms with Gasteiger partial charge in [0.2, 0.25) is 17.7 Å². The number of anilines is 3. The van der Waals surface area contributed by atoms with Gasteiger partial charge in [0.25, 0.3) is 17.7 Å². The molecule has 348 valence electrons. The van der Waals surface area contributed by atoms with Gasteiger partial charge in [-0.05, 0) is 67.9 Å². The van der Waals surface area contributed by atoms with E-state index in [-0.39, 0.29) is 93.9 Å². The van der Waals surface area contributed by atoms with Crippen LogP contribution in [0.25, 0.3) is 0 Å². The lowest BCUT2D eigenvalue weighted by Crippen LogP contribution is -2.54. The van der Waals surface area contributed by atoms with Crippen LogP contribution >= 0.6 is 0 Å². The summed E-state index contributed by atoms with van der Waals surface area (Å²) in [7, 11) is -4.28. The Morgan fingerprint density at radius 2 is 1.52 bits per heavy atom. The van der Waals surface area contributed by atoms with Crippen molar-refractivity contribution in [2.24, 2.45) is 0 Å². The molecule has 0 saturated carbocycles. The van der Waals surface area contributed by atoms with Gasteiger partial charge >= 0.3 is 6.18 Å². The second-order valence-corrected chi connectivity index (χ2v) is 16.8. The van der Waals surface area contributed by atoms with Gasteiger partial charge in [0, 0.05) is 49.5 Å². The van der Waals surface area contributed by atoms with Gasteiger partial charge in [-0.3, -0.25) is 39.0 Å². The zero-order chi connectivity index (χ0) is 47.4. The predicted molar refractivity (Wildman–Crippen MR) is 224 cm³/mol. The zero-order valence-electron chi connectivity index (χ0n) is 34.9. The molecular weight excluding hydrogens is 884 g/mol. The Labute approximate surface area is 370 Å². The van der Waals surface area contributed by atoms with Crippen LogP contribution in [0.3, 0.4) is 0 Å². The summed E-state index contributed by atoms with van der Waals surface area (Å²) in [6.07, 6.45) is -4.73. The van der Waals surface area contributed by atoms with Crippen molar-refractivity contribution in [3.8, 4) is 6.07 Å². The molecule has 2 unspecified atom stereocenters. The Hall–Kier alpha value is -6.45. The van der Waals surface area contributed by atoms with Crippen LogP contribution in [0.2, 0.25) is 0 Å². The van der Waals surface area contributed by atoms with Crippen molar-refractivity contribution in [1.29, 1.82) is 5.26 Å². The number of imide groups is 2. The molecule has 0 aliphatic carbocycles. The van der Waals surface area contributed by atoms with Crippen LogP contribution in [-0.2, 0) is 49.4 Å². The monoisotopic (exact) mass is 929 g/mol. The molecule has 3 aromatic carbocycles. The molecule has 65 heavy (non-hydrogen) atoms. The molecule has 1 saturated heterocycles. The van der Waals surface area contributed by atoms with E-state index in [0.29, 0.717) is 24.0 Å². The summed E-state index contributed by atoms with van der Waals surface area (Å²) in [4.78, 5) is 75.6. The molecule has 6 N–H and O–H groups in total. The fourth-order valence-electron chi connectivity index (χ4n) is 6.65. The first-order valence-electron chi connectivity index (χ1n) is 20.1. The highest BCUT2D eigenvalue weighted by Crippen LogP contribution is 2.34. The van der Waals surface area contributed by atoms with E-state index in [2.05, 4.69) is 26.6 Å². The highest BCUT2D eigenvalue weighted by atomic mass is 32.2. The molecular formula is C42H46F3N7O12S. The lowest BCUT2D eigenvalue weighted by atomic mass is 10.0. The normalized spacial score (nSPS) is 16.0. The van der Waals surface area contributed by atoms with Gasteiger partial charge < -0.3 is 40.6 Å². The highest BCUT2D eigenvalue weighted by molar-refractivity contribution is 7.91. The van der Waals surface area contributed by atoms with Crippen LogP contribution in [0.1, 0.15) is 58.0 Å². The number of fused-ring (bicyclic) bond motifs is 1. The number of piperidine rings is 1. The van der Waals surface area contributed by atoms with Crippen molar-refractivity contribution in [3.05, 3.63) is 82.9 Å². The first-order chi connectivity index (χ1) is 30.8. The van der Waals surface area contributed by atoms with Crippen LogP contribution in [0, 0.1) is 11.3 Å². The summed E-state index contributed by atoms with van der Waals surface area (Å²) in [6, 6.07) is 12.8. The molecule has 0 radical (unpaired) electrons. The third-order valence-corrected chi connectivity index (χ3v) is 11.8. The van der Waals surface area contributed by atoms with Crippen molar-refractivity contribution in [3.63, 3.8) is 0 Å². The first-order valence-corrected chi connectivity index (χ1v) is 21.8. The molecule has 19 nitrogen and oxygen atoms in total. The Balaban J connectivity index is 0.892. The smallest absolute Gasteiger partial charge is 0.385 e. The summed E-state index contributed by atoms with van der Waals surface area (Å²) >= 11 is 0. The van der Waals surface area contributed by atoms with Crippen LogP contribution in [0.5, 0.6) is 0 Å². The largest absolute Gasteiger partial charge is 0.417 e. The lowest BCUT2D eigenvalue weighted by Gasteiger charge is -2.27. The predicted octanol–water partition coefficient (Wildman–Crippen LogP) is 2.22. The summed E-state index contributed by atoms with van der Waals surface area (Å²) in [5, 5.41) is 32.7. The number of carbonyl (C=O) groups is 6. The van der Waals surface area contributed by atoms with E-state index < -0.39 is 79.8 Å². The van der Waals surface area contributed by atoms with E-state index in [0.717, 1.165) is 24.0 Å². The van der Waals surface area contributed by atoms with Crippen LogP contribution in [0.4, 0.5) is 30.2 Å². The maximum Gasteiger partial charge on any atom is 0.417 e. The minimum absolute atomic E-state index is 0.0261. The minimum Gasteiger partial charge on any atom is -0.385 e. The molecule has 0 bridgehead atoms. The van der Waals surface area contributed by atoms with E-state index >= 15 is 0 Å². The number of hydrogen-bond acceptors (Lipinski definition) is 15. The SMILES string of the molecule is CC(O)(CS(=O)(=O)c1ccc(NCCC(=O)NCCOCCOCCOCCNc2cccc3c2C(=O)N(C2CCC(=O)NC2=O)C3=O)cc1)C(=O)Nc1ccc(C#N)c(C(F)(F)F)c1. The average molecular weight is 930 g/mol. The number of carbonyl (C=O) groups excluding carboxylic acids is 6. The number of ether oxygens (including phenoxy) is 3. The second kappa shape index (κ2) is 22.0. The van der Waals surface area contributed by atoms with Crippen molar-refractivity contribution in [2.75, 3.05) is 81.0 Å². The Kier molecular flexibility index (Phi) is 16.7. The second-order valence-electron chi connectivity index (χ2n) is 14.8. The van der Waals surface area contributed by atoms with Crippen molar-refractivity contribution < 1.29 is 69.7 Å².